The van der Waals surface area contributed by atoms with E-state index < -0.39 is 0 Å². The number of fused-ring (bicyclic) bond motifs is 3. The third kappa shape index (κ3) is 1.28. The summed E-state index contributed by atoms with van der Waals surface area (Å²) in [6, 6.07) is 15.1. The molecule has 2 aromatic carbocycles. The van der Waals surface area contributed by atoms with Crippen molar-refractivity contribution in [2.75, 3.05) is 0 Å². The van der Waals surface area contributed by atoms with E-state index in [0.29, 0.717) is 0 Å². The molecule has 0 bridgehead atoms. The van der Waals surface area contributed by atoms with E-state index in [-0.39, 0.29) is 0 Å². The van der Waals surface area contributed by atoms with E-state index >= 15 is 0 Å². The quantitative estimate of drug-likeness (QED) is 0.546. The lowest BCUT2D eigenvalue weighted by Gasteiger charge is -2.01. The van der Waals surface area contributed by atoms with Crippen molar-refractivity contribution in [3.63, 3.8) is 0 Å². The highest BCUT2D eigenvalue weighted by atomic mass is 79.9. The maximum Gasteiger partial charge on any atom is 0.0181 e. The Bertz CT molecular complexity index is 594. The minimum Gasteiger partial charge on any atom is -0.0791 e. The van der Waals surface area contributed by atoms with E-state index in [4.69, 9.17) is 0 Å². The van der Waals surface area contributed by atoms with E-state index in [2.05, 4.69) is 71.4 Å². The van der Waals surface area contributed by atoms with E-state index in [1.54, 1.807) is 0 Å². The largest absolute Gasteiger partial charge is 0.0791 e. The molecule has 0 unspecified atom stereocenters. The molecule has 1 aliphatic carbocycles. The minimum atomic E-state index is 1.14. The summed E-state index contributed by atoms with van der Waals surface area (Å²) < 4.78 is 1.14. The fourth-order valence-electron chi connectivity index (χ4n) is 2.38. The van der Waals surface area contributed by atoms with Crippen LogP contribution in [0.5, 0.6) is 0 Å². The van der Waals surface area contributed by atoms with Crippen molar-refractivity contribution >= 4 is 21.5 Å². The molecule has 16 heavy (non-hydrogen) atoms. The Kier molecular flexibility index (Phi) is 2.22. The average Bonchev–Trinajstić information content (AvgIpc) is 2.61. The lowest BCUT2D eigenvalue weighted by Crippen LogP contribution is -1.79. The molecule has 0 nitrogen and oxygen atoms in total. The number of hydrogen-bond donors (Lipinski definition) is 0. The Labute approximate surface area is 104 Å². The van der Waals surface area contributed by atoms with Crippen LogP contribution in [0.15, 0.2) is 53.0 Å². The maximum atomic E-state index is 3.54. The Morgan fingerprint density at radius 3 is 2.31 bits per heavy atom. The van der Waals surface area contributed by atoms with Gasteiger partial charge < -0.3 is 0 Å². The van der Waals surface area contributed by atoms with E-state index in [9.17, 15) is 0 Å². The second-order valence-corrected chi connectivity index (χ2v) is 4.85. The van der Waals surface area contributed by atoms with Gasteiger partial charge in [0.15, 0.2) is 0 Å². The smallest absolute Gasteiger partial charge is 0.0181 e. The Morgan fingerprint density at radius 1 is 0.875 bits per heavy atom. The summed E-state index contributed by atoms with van der Waals surface area (Å²) in [5.74, 6) is 0. The van der Waals surface area contributed by atoms with Gasteiger partial charge in [-0.05, 0) is 46.9 Å². The monoisotopic (exact) mass is 270 g/mol. The molecule has 0 aliphatic heterocycles. The summed E-state index contributed by atoms with van der Waals surface area (Å²) in [4.78, 5) is 0. The fourth-order valence-corrected chi connectivity index (χ4v) is 2.74. The fraction of sp³-hybridized carbons (Fsp3) is 0.0667. The molecule has 3 rings (SSSR count). The van der Waals surface area contributed by atoms with E-state index in [1.807, 2.05) is 0 Å². The van der Waals surface area contributed by atoms with Crippen molar-refractivity contribution in [1.29, 1.82) is 0 Å². The molecule has 0 amide bonds. The van der Waals surface area contributed by atoms with Gasteiger partial charge in [0.2, 0.25) is 0 Å². The van der Waals surface area contributed by atoms with Gasteiger partial charge in [-0.3, -0.25) is 0 Å². The summed E-state index contributed by atoms with van der Waals surface area (Å²) in [7, 11) is 0. The second-order valence-electron chi connectivity index (χ2n) is 3.94. The topological polar surface area (TPSA) is 0 Å². The van der Waals surface area contributed by atoms with Crippen molar-refractivity contribution in [2.45, 2.75) is 6.92 Å². The van der Waals surface area contributed by atoms with Gasteiger partial charge in [0.1, 0.15) is 0 Å². The Morgan fingerprint density at radius 2 is 1.56 bits per heavy atom. The maximum absolute atomic E-state index is 3.54. The molecule has 0 aromatic heterocycles. The van der Waals surface area contributed by atoms with Gasteiger partial charge in [0, 0.05) is 4.47 Å². The standard InChI is InChI=1S/C15H11Br/c1-2-11-12-5-3-4-6-13(12)14-8-7-10(16)9-15(11)14/h2-9H,1H3/b11-2-. The molecule has 0 fully saturated rings. The zero-order valence-electron chi connectivity index (χ0n) is 9.00. The molecule has 1 aliphatic rings. The first kappa shape index (κ1) is 9.86. The molecule has 0 spiro atoms. The van der Waals surface area contributed by atoms with Crippen molar-refractivity contribution in [1.82, 2.24) is 0 Å². The zero-order valence-corrected chi connectivity index (χ0v) is 10.6. The minimum absolute atomic E-state index is 1.14. The summed E-state index contributed by atoms with van der Waals surface area (Å²) in [6.07, 6.45) is 2.19. The van der Waals surface area contributed by atoms with E-state index in [1.165, 1.54) is 27.8 Å². The predicted octanol–water partition coefficient (Wildman–Crippen LogP) is 4.88. The van der Waals surface area contributed by atoms with Crippen molar-refractivity contribution < 1.29 is 0 Å². The third-order valence-electron chi connectivity index (χ3n) is 3.07. The lowest BCUT2D eigenvalue weighted by molar-refractivity contribution is 1.60. The molecule has 0 N–H and O–H groups in total. The van der Waals surface area contributed by atoms with Gasteiger partial charge >= 0.3 is 0 Å². The molecular formula is C15H11Br. The molecule has 0 saturated heterocycles. The second kappa shape index (κ2) is 3.60. The normalized spacial score (nSPS) is 15.0. The highest BCUT2D eigenvalue weighted by molar-refractivity contribution is 9.10. The van der Waals surface area contributed by atoms with Gasteiger partial charge in [-0.15, -0.1) is 0 Å². The van der Waals surface area contributed by atoms with Gasteiger partial charge in [0.25, 0.3) is 0 Å². The molecule has 0 atom stereocenters. The summed E-state index contributed by atoms with van der Waals surface area (Å²) in [6.45, 7) is 2.10. The van der Waals surface area contributed by atoms with Gasteiger partial charge in [-0.1, -0.05) is 52.3 Å². The average molecular weight is 271 g/mol. The highest BCUT2D eigenvalue weighted by Crippen LogP contribution is 2.44. The highest BCUT2D eigenvalue weighted by Gasteiger charge is 2.21. The molecule has 0 saturated carbocycles. The number of hydrogen-bond acceptors (Lipinski definition) is 0. The van der Waals surface area contributed by atoms with Crippen LogP contribution < -0.4 is 0 Å². The Hall–Kier alpha value is -1.34. The lowest BCUT2D eigenvalue weighted by atomic mass is 10.0. The van der Waals surface area contributed by atoms with Gasteiger partial charge in [0.05, 0.1) is 0 Å². The summed E-state index contributed by atoms with van der Waals surface area (Å²) >= 11 is 3.54. The number of allylic oxidation sites excluding steroid dienone is 1. The first-order chi connectivity index (χ1) is 7.81. The van der Waals surface area contributed by atoms with Crippen LogP contribution in [0.1, 0.15) is 18.1 Å². The van der Waals surface area contributed by atoms with Crippen LogP contribution >= 0.6 is 15.9 Å². The van der Waals surface area contributed by atoms with Crippen LogP contribution in [-0.4, -0.2) is 0 Å². The van der Waals surface area contributed by atoms with Crippen molar-refractivity contribution in [2.24, 2.45) is 0 Å². The van der Waals surface area contributed by atoms with Crippen molar-refractivity contribution in [3.05, 3.63) is 64.1 Å². The van der Waals surface area contributed by atoms with Crippen LogP contribution in [0.4, 0.5) is 0 Å². The molecular weight excluding hydrogens is 260 g/mol. The summed E-state index contributed by atoms with van der Waals surface area (Å²) in [5.41, 5.74) is 6.70. The van der Waals surface area contributed by atoms with Crippen LogP contribution in [0.2, 0.25) is 0 Å². The third-order valence-corrected chi connectivity index (χ3v) is 3.56. The van der Waals surface area contributed by atoms with Crippen LogP contribution in [0.3, 0.4) is 0 Å². The molecule has 0 heterocycles. The van der Waals surface area contributed by atoms with E-state index in [0.717, 1.165) is 4.47 Å². The number of benzene rings is 2. The van der Waals surface area contributed by atoms with Crippen LogP contribution in [-0.2, 0) is 0 Å². The summed E-state index contributed by atoms with van der Waals surface area (Å²) in [5, 5.41) is 0. The molecule has 1 heteroatoms. The van der Waals surface area contributed by atoms with Crippen LogP contribution in [0, 0.1) is 0 Å². The Balaban J connectivity index is 2.39. The first-order valence-corrected chi connectivity index (χ1v) is 6.16. The van der Waals surface area contributed by atoms with Gasteiger partial charge in [-0.2, -0.15) is 0 Å². The van der Waals surface area contributed by atoms with Gasteiger partial charge in [-0.25, -0.2) is 0 Å². The van der Waals surface area contributed by atoms with Crippen molar-refractivity contribution in [3.8, 4) is 11.1 Å². The number of halogens is 1. The SMILES string of the molecule is C/C=C1/c2ccccc2-c2ccc(Br)cc21. The molecule has 0 radical (unpaired) electrons. The first-order valence-electron chi connectivity index (χ1n) is 5.37. The van der Waals surface area contributed by atoms with Crippen LogP contribution in [0.25, 0.3) is 16.7 Å². The predicted molar refractivity (Wildman–Crippen MR) is 72.3 cm³/mol. The molecule has 78 valence electrons. The molecule has 2 aromatic rings. The zero-order chi connectivity index (χ0) is 11.1. The number of rotatable bonds is 0.